The number of esters is 2. The highest BCUT2D eigenvalue weighted by Crippen LogP contribution is 2.18. The Morgan fingerprint density at radius 2 is 1.33 bits per heavy atom. The normalized spacial score (nSPS) is 10.8. The van der Waals surface area contributed by atoms with Gasteiger partial charge >= 0.3 is 11.9 Å². The van der Waals surface area contributed by atoms with Crippen molar-refractivity contribution in [3.63, 3.8) is 0 Å². The Labute approximate surface area is 197 Å². The summed E-state index contributed by atoms with van der Waals surface area (Å²) in [6.45, 7) is 5.46. The van der Waals surface area contributed by atoms with E-state index in [0.717, 1.165) is 43.4 Å². The van der Waals surface area contributed by atoms with Crippen molar-refractivity contribution in [1.29, 1.82) is 0 Å². The van der Waals surface area contributed by atoms with Gasteiger partial charge < -0.3 is 14.2 Å². The van der Waals surface area contributed by atoms with E-state index in [2.05, 4.69) is 13.8 Å². The summed E-state index contributed by atoms with van der Waals surface area (Å²) in [5.74, 6) is 0.422. The Hall–Kier alpha value is -3.08. The molecule has 33 heavy (non-hydrogen) atoms. The Balaban J connectivity index is 1.74. The lowest BCUT2D eigenvalue weighted by molar-refractivity contribution is -0.128. The van der Waals surface area contributed by atoms with Gasteiger partial charge in [0, 0.05) is 6.08 Å². The first-order valence-electron chi connectivity index (χ1n) is 12.0. The molecule has 0 radical (unpaired) electrons. The average Bonchev–Trinajstić information content (AvgIpc) is 2.84. The number of benzene rings is 2. The molecule has 0 saturated heterocycles. The van der Waals surface area contributed by atoms with Crippen LogP contribution in [0.4, 0.5) is 0 Å². The van der Waals surface area contributed by atoms with Crippen molar-refractivity contribution in [2.75, 3.05) is 13.2 Å². The van der Waals surface area contributed by atoms with Crippen molar-refractivity contribution in [3.05, 3.63) is 65.7 Å². The van der Waals surface area contributed by atoms with Crippen LogP contribution < -0.4 is 9.47 Å². The molecular weight excluding hydrogens is 416 g/mol. The maximum atomic E-state index is 12.1. The number of unbranched alkanes of at least 4 members (excludes halogenated alkanes) is 6. The molecule has 0 heterocycles. The summed E-state index contributed by atoms with van der Waals surface area (Å²) < 4.78 is 16.3. The fourth-order valence-corrected chi connectivity index (χ4v) is 3.14. The van der Waals surface area contributed by atoms with Gasteiger partial charge in [-0.3, -0.25) is 0 Å². The molecule has 0 atom stereocenters. The lowest BCUT2D eigenvalue weighted by Crippen LogP contribution is -2.06. The number of carbonyl (C=O) groups excluding carboxylic acids is 2. The molecule has 0 bridgehead atoms. The third-order valence-electron chi connectivity index (χ3n) is 5.10. The summed E-state index contributed by atoms with van der Waals surface area (Å²) in [6, 6.07) is 13.9. The molecule has 0 unspecified atom stereocenters. The van der Waals surface area contributed by atoms with Gasteiger partial charge in [0.1, 0.15) is 11.5 Å². The highest BCUT2D eigenvalue weighted by atomic mass is 16.5. The van der Waals surface area contributed by atoms with Crippen molar-refractivity contribution in [3.8, 4) is 11.5 Å². The van der Waals surface area contributed by atoms with Gasteiger partial charge in [0.15, 0.2) is 0 Å². The summed E-state index contributed by atoms with van der Waals surface area (Å²) in [5, 5.41) is 0. The number of hydrogen-bond acceptors (Lipinski definition) is 5. The third kappa shape index (κ3) is 10.9. The molecule has 0 N–H and O–H groups in total. The molecule has 5 nitrogen and oxygen atoms in total. The monoisotopic (exact) mass is 452 g/mol. The lowest BCUT2D eigenvalue weighted by Gasteiger charge is -2.07. The van der Waals surface area contributed by atoms with E-state index in [-0.39, 0.29) is 5.97 Å². The second kappa shape index (κ2) is 15.7. The fraction of sp³-hybridized carbons (Fsp3) is 0.429. The summed E-state index contributed by atoms with van der Waals surface area (Å²) >= 11 is 0. The first-order valence-corrected chi connectivity index (χ1v) is 12.0. The molecule has 2 aromatic carbocycles. The van der Waals surface area contributed by atoms with E-state index in [1.54, 1.807) is 54.6 Å². The Kier molecular flexibility index (Phi) is 12.4. The van der Waals surface area contributed by atoms with Crippen LogP contribution >= 0.6 is 0 Å². The summed E-state index contributed by atoms with van der Waals surface area (Å²) in [5.41, 5.74) is 1.29. The molecule has 0 saturated carbocycles. The van der Waals surface area contributed by atoms with E-state index >= 15 is 0 Å². The minimum atomic E-state index is -0.474. The van der Waals surface area contributed by atoms with Crippen LogP contribution in [0.25, 0.3) is 6.08 Å². The quantitative estimate of drug-likeness (QED) is 0.126. The Morgan fingerprint density at radius 1 is 0.727 bits per heavy atom. The lowest BCUT2D eigenvalue weighted by atomic mass is 10.1. The molecule has 0 aliphatic carbocycles. The van der Waals surface area contributed by atoms with Crippen molar-refractivity contribution in [2.45, 2.75) is 65.2 Å². The number of carbonyl (C=O) groups is 2. The molecule has 0 amide bonds. The van der Waals surface area contributed by atoms with Gasteiger partial charge in [-0.2, -0.15) is 0 Å². The van der Waals surface area contributed by atoms with Crippen LogP contribution in [0.1, 0.15) is 81.1 Å². The smallest absolute Gasteiger partial charge is 0.338 e. The van der Waals surface area contributed by atoms with Gasteiger partial charge in [-0.15, -0.1) is 0 Å². The molecule has 178 valence electrons. The van der Waals surface area contributed by atoms with Gasteiger partial charge in [-0.25, -0.2) is 9.59 Å². The minimum absolute atomic E-state index is 0.321. The molecule has 0 aromatic heterocycles. The number of rotatable bonds is 15. The maximum Gasteiger partial charge on any atom is 0.338 e. The molecule has 2 aromatic rings. The zero-order valence-corrected chi connectivity index (χ0v) is 19.9. The van der Waals surface area contributed by atoms with Crippen molar-refractivity contribution in [1.82, 2.24) is 0 Å². The highest BCUT2D eigenvalue weighted by molar-refractivity contribution is 5.91. The second-order valence-corrected chi connectivity index (χ2v) is 7.95. The van der Waals surface area contributed by atoms with E-state index in [9.17, 15) is 9.59 Å². The Morgan fingerprint density at radius 3 is 2.03 bits per heavy atom. The van der Waals surface area contributed by atoms with Crippen molar-refractivity contribution in [2.24, 2.45) is 0 Å². The number of hydrogen-bond donors (Lipinski definition) is 0. The third-order valence-corrected chi connectivity index (χ3v) is 5.10. The van der Waals surface area contributed by atoms with Gasteiger partial charge in [-0.05, 0) is 60.9 Å². The predicted octanol–water partition coefficient (Wildman–Crippen LogP) is 7.00. The predicted molar refractivity (Wildman–Crippen MR) is 132 cm³/mol. The molecule has 0 aliphatic heterocycles. The summed E-state index contributed by atoms with van der Waals surface area (Å²) in [4.78, 5) is 24.2. The second-order valence-electron chi connectivity index (χ2n) is 7.95. The van der Waals surface area contributed by atoms with E-state index in [1.807, 2.05) is 0 Å². The largest absolute Gasteiger partial charge is 0.494 e. The van der Waals surface area contributed by atoms with E-state index in [0.29, 0.717) is 24.5 Å². The topological polar surface area (TPSA) is 61.8 Å². The minimum Gasteiger partial charge on any atom is -0.494 e. The molecule has 5 heteroatoms. The van der Waals surface area contributed by atoms with E-state index in [1.165, 1.54) is 25.3 Å². The van der Waals surface area contributed by atoms with Crippen molar-refractivity contribution < 1.29 is 23.8 Å². The van der Waals surface area contributed by atoms with Crippen molar-refractivity contribution >= 4 is 18.0 Å². The molecular formula is C28H36O5. The van der Waals surface area contributed by atoms with Gasteiger partial charge in [-0.1, -0.05) is 64.5 Å². The van der Waals surface area contributed by atoms with Crippen LogP contribution in [-0.4, -0.2) is 25.2 Å². The van der Waals surface area contributed by atoms with E-state index in [4.69, 9.17) is 14.2 Å². The molecule has 2 rings (SSSR count). The fourth-order valence-electron chi connectivity index (χ4n) is 3.14. The van der Waals surface area contributed by atoms with Crippen LogP contribution in [0.2, 0.25) is 0 Å². The van der Waals surface area contributed by atoms with Crippen LogP contribution in [0.5, 0.6) is 11.5 Å². The van der Waals surface area contributed by atoms with Gasteiger partial charge in [0.25, 0.3) is 0 Å². The molecule has 0 spiro atoms. The number of ether oxygens (including phenoxy) is 3. The highest BCUT2D eigenvalue weighted by Gasteiger charge is 2.07. The first kappa shape index (κ1) is 26.2. The molecule has 0 aliphatic rings. The van der Waals surface area contributed by atoms with Gasteiger partial charge in [0.2, 0.25) is 0 Å². The summed E-state index contributed by atoms with van der Waals surface area (Å²) in [6.07, 6.45) is 11.9. The molecule has 0 fully saturated rings. The van der Waals surface area contributed by atoms with Crippen LogP contribution in [0, 0.1) is 0 Å². The maximum absolute atomic E-state index is 12.1. The first-order chi connectivity index (χ1) is 16.1. The van der Waals surface area contributed by atoms with Crippen LogP contribution in [0.15, 0.2) is 54.6 Å². The zero-order valence-electron chi connectivity index (χ0n) is 19.9. The standard InChI is InChI=1S/C28H36O5/c1-3-5-7-8-10-22-32-28(30)24-14-11-23(12-15-24)13-20-27(29)33-26-18-16-25(17-19-26)31-21-9-6-4-2/h11-20H,3-10,21-22H2,1-2H3. The van der Waals surface area contributed by atoms with Gasteiger partial charge in [0.05, 0.1) is 18.8 Å². The van der Waals surface area contributed by atoms with Crippen LogP contribution in [-0.2, 0) is 9.53 Å². The van der Waals surface area contributed by atoms with Crippen LogP contribution in [0.3, 0.4) is 0 Å². The zero-order chi connectivity index (χ0) is 23.7. The average molecular weight is 453 g/mol. The van der Waals surface area contributed by atoms with E-state index < -0.39 is 5.97 Å². The SMILES string of the molecule is CCCCCCCOC(=O)c1ccc(C=CC(=O)Oc2ccc(OCCCCC)cc2)cc1. The summed E-state index contributed by atoms with van der Waals surface area (Å²) in [7, 11) is 0. The Bertz CT molecular complexity index is 853.